The zero-order chi connectivity index (χ0) is 18.9. The molecule has 1 aliphatic heterocycles. The van der Waals surface area contributed by atoms with Gasteiger partial charge in [0.05, 0.1) is 23.2 Å². The fraction of sp³-hybridized carbons (Fsp3) is 0.158. The standard InChI is InChI=1S/C19H14ClN3O3/c1-19(13-8-6-12(10-21)7-9-13)17(25)23(18(26)22-19)11-16(24)14-4-2-3-5-15(14)20/h2-9H,11H2,1H3,(H,22,26)/t19-/m1/s1. The summed E-state index contributed by atoms with van der Waals surface area (Å²) in [6, 6.07) is 14.2. The van der Waals surface area contributed by atoms with E-state index in [9.17, 15) is 14.4 Å². The molecule has 2 aromatic rings. The van der Waals surface area contributed by atoms with Crippen molar-refractivity contribution < 1.29 is 14.4 Å². The summed E-state index contributed by atoms with van der Waals surface area (Å²) < 4.78 is 0. The molecule has 3 rings (SSSR count). The van der Waals surface area contributed by atoms with Crippen LogP contribution in [0.25, 0.3) is 0 Å². The average Bonchev–Trinajstić information content (AvgIpc) is 2.86. The molecule has 130 valence electrons. The van der Waals surface area contributed by atoms with E-state index in [1.54, 1.807) is 55.5 Å². The van der Waals surface area contributed by atoms with Gasteiger partial charge in [0.2, 0.25) is 0 Å². The largest absolute Gasteiger partial charge is 0.325 e. The van der Waals surface area contributed by atoms with Crippen LogP contribution in [-0.2, 0) is 10.3 Å². The lowest BCUT2D eigenvalue weighted by Crippen LogP contribution is -2.41. The Balaban J connectivity index is 1.85. The van der Waals surface area contributed by atoms with Crippen molar-refractivity contribution in [2.45, 2.75) is 12.5 Å². The molecule has 1 N–H and O–H groups in total. The highest BCUT2D eigenvalue weighted by atomic mass is 35.5. The number of urea groups is 1. The summed E-state index contributed by atoms with van der Waals surface area (Å²) in [4.78, 5) is 38.5. The van der Waals surface area contributed by atoms with Gasteiger partial charge in [0.25, 0.3) is 5.91 Å². The minimum absolute atomic E-state index is 0.252. The van der Waals surface area contributed by atoms with Crippen molar-refractivity contribution in [1.29, 1.82) is 5.26 Å². The number of imide groups is 1. The Morgan fingerprint density at radius 1 is 1.19 bits per heavy atom. The second-order valence-corrected chi connectivity index (χ2v) is 6.45. The van der Waals surface area contributed by atoms with Crippen molar-refractivity contribution in [3.05, 3.63) is 70.2 Å². The molecular weight excluding hydrogens is 354 g/mol. The molecule has 0 unspecified atom stereocenters. The maximum absolute atomic E-state index is 12.8. The molecule has 0 aliphatic carbocycles. The van der Waals surface area contributed by atoms with E-state index in [-0.39, 0.29) is 10.6 Å². The predicted molar refractivity (Wildman–Crippen MR) is 94.5 cm³/mol. The number of nitrogens with zero attached hydrogens (tertiary/aromatic N) is 2. The average molecular weight is 368 g/mol. The van der Waals surface area contributed by atoms with E-state index in [1.165, 1.54) is 0 Å². The van der Waals surface area contributed by atoms with E-state index < -0.39 is 29.8 Å². The number of rotatable bonds is 4. The molecule has 2 aromatic carbocycles. The van der Waals surface area contributed by atoms with Gasteiger partial charge in [-0.2, -0.15) is 5.26 Å². The van der Waals surface area contributed by atoms with E-state index in [1.807, 2.05) is 6.07 Å². The topological polar surface area (TPSA) is 90.3 Å². The number of hydrogen-bond donors (Lipinski definition) is 1. The normalized spacial score (nSPS) is 19.2. The molecule has 0 saturated carbocycles. The predicted octanol–water partition coefficient (Wildman–Crippen LogP) is 2.86. The Bertz CT molecular complexity index is 949. The molecule has 1 fully saturated rings. The van der Waals surface area contributed by atoms with Gasteiger partial charge in [0.1, 0.15) is 5.54 Å². The molecule has 3 amide bonds. The molecule has 1 aliphatic rings. The van der Waals surface area contributed by atoms with Crippen molar-refractivity contribution in [3.8, 4) is 6.07 Å². The zero-order valence-corrected chi connectivity index (χ0v) is 14.6. The van der Waals surface area contributed by atoms with Crippen molar-refractivity contribution >= 4 is 29.3 Å². The molecular formula is C19H14ClN3O3. The summed E-state index contributed by atoms with van der Waals surface area (Å²) >= 11 is 6.01. The Morgan fingerprint density at radius 2 is 1.85 bits per heavy atom. The van der Waals surface area contributed by atoms with Crippen LogP contribution in [0, 0.1) is 11.3 Å². The summed E-state index contributed by atoms with van der Waals surface area (Å²) in [6.07, 6.45) is 0. The molecule has 7 heteroatoms. The lowest BCUT2D eigenvalue weighted by Gasteiger charge is -2.22. The minimum atomic E-state index is -1.30. The van der Waals surface area contributed by atoms with Crippen LogP contribution in [0.4, 0.5) is 4.79 Å². The highest BCUT2D eigenvalue weighted by Gasteiger charge is 2.49. The fourth-order valence-corrected chi connectivity index (χ4v) is 3.07. The number of halogens is 1. The van der Waals surface area contributed by atoms with Gasteiger partial charge in [0.15, 0.2) is 5.78 Å². The van der Waals surface area contributed by atoms with Crippen LogP contribution in [0.15, 0.2) is 48.5 Å². The lowest BCUT2D eigenvalue weighted by atomic mass is 9.91. The lowest BCUT2D eigenvalue weighted by molar-refractivity contribution is -0.130. The second kappa shape index (κ2) is 6.62. The highest BCUT2D eigenvalue weighted by molar-refractivity contribution is 6.34. The first-order chi connectivity index (χ1) is 12.4. The first-order valence-electron chi connectivity index (χ1n) is 7.79. The smallest absolute Gasteiger partial charge is 0.319 e. The minimum Gasteiger partial charge on any atom is -0.319 e. The second-order valence-electron chi connectivity index (χ2n) is 6.04. The van der Waals surface area contributed by atoms with Crippen LogP contribution in [0.5, 0.6) is 0 Å². The first kappa shape index (κ1) is 17.6. The van der Waals surface area contributed by atoms with Gasteiger partial charge in [-0.05, 0) is 36.8 Å². The number of amides is 3. The van der Waals surface area contributed by atoms with Crippen LogP contribution in [0.3, 0.4) is 0 Å². The van der Waals surface area contributed by atoms with E-state index in [4.69, 9.17) is 16.9 Å². The zero-order valence-electron chi connectivity index (χ0n) is 13.8. The fourth-order valence-electron chi connectivity index (χ4n) is 2.83. The van der Waals surface area contributed by atoms with Crippen molar-refractivity contribution in [2.75, 3.05) is 6.54 Å². The number of Topliss-reactive ketones (excluding diaryl/α,β-unsaturated/α-hetero) is 1. The van der Waals surface area contributed by atoms with Gasteiger partial charge in [-0.1, -0.05) is 35.9 Å². The quantitative estimate of drug-likeness (QED) is 0.664. The Kier molecular flexibility index (Phi) is 4.49. The van der Waals surface area contributed by atoms with E-state index in [0.29, 0.717) is 11.1 Å². The monoisotopic (exact) mass is 367 g/mol. The molecule has 1 atom stereocenters. The molecule has 1 heterocycles. The van der Waals surface area contributed by atoms with Gasteiger partial charge >= 0.3 is 6.03 Å². The number of benzene rings is 2. The third kappa shape index (κ3) is 2.93. The summed E-state index contributed by atoms with van der Waals surface area (Å²) in [5, 5.41) is 11.8. The summed E-state index contributed by atoms with van der Waals surface area (Å²) in [7, 11) is 0. The van der Waals surface area contributed by atoms with Crippen LogP contribution < -0.4 is 5.32 Å². The number of nitriles is 1. The molecule has 26 heavy (non-hydrogen) atoms. The van der Waals surface area contributed by atoms with Crippen molar-refractivity contribution in [2.24, 2.45) is 0 Å². The van der Waals surface area contributed by atoms with Gasteiger partial charge in [-0.15, -0.1) is 0 Å². The Hall–Kier alpha value is -3.17. The Labute approximate surface area is 155 Å². The van der Waals surface area contributed by atoms with Gasteiger partial charge in [0, 0.05) is 5.56 Å². The van der Waals surface area contributed by atoms with Crippen LogP contribution in [0.2, 0.25) is 5.02 Å². The molecule has 0 radical (unpaired) electrons. The molecule has 1 saturated heterocycles. The number of ketones is 1. The number of carbonyl (C=O) groups excluding carboxylic acids is 3. The number of hydrogen-bond acceptors (Lipinski definition) is 4. The maximum Gasteiger partial charge on any atom is 0.325 e. The summed E-state index contributed by atoms with van der Waals surface area (Å²) in [5.41, 5.74) is -0.0737. The molecule has 6 nitrogen and oxygen atoms in total. The number of carbonyl (C=O) groups is 3. The van der Waals surface area contributed by atoms with Crippen LogP contribution in [-0.4, -0.2) is 29.2 Å². The van der Waals surface area contributed by atoms with Gasteiger partial charge in [-0.25, -0.2) is 4.79 Å². The van der Waals surface area contributed by atoms with E-state index >= 15 is 0 Å². The van der Waals surface area contributed by atoms with Crippen LogP contribution in [0.1, 0.15) is 28.4 Å². The third-order valence-electron chi connectivity index (χ3n) is 4.34. The van der Waals surface area contributed by atoms with E-state index in [0.717, 1.165) is 4.90 Å². The molecule has 0 aromatic heterocycles. The highest BCUT2D eigenvalue weighted by Crippen LogP contribution is 2.29. The molecule has 0 bridgehead atoms. The third-order valence-corrected chi connectivity index (χ3v) is 4.67. The summed E-state index contributed by atoms with van der Waals surface area (Å²) in [6.45, 7) is 1.16. The van der Waals surface area contributed by atoms with E-state index in [2.05, 4.69) is 5.32 Å². The molecule has 0 spiro atoms. The van der Waals surface area contributed by atoms with Gasteiger partial charge < -0.3 is 5.32 Å². The maximum atomic E-state index is 12.8. The van der Waals surface area contributed by atoms with Crippen molar-refractivity contribution in [3.63, 3.8) is 0 Å². The number of nitrogens with one attached hydrogen (secondary N) is 1. The SMILES string of the molecule is C[C@]1(c2ccc(C#N)cc2)NC(=O)N(CC(=O)c2ccccc2Cl)C1=O. The van der Waals surface area contributed by atoms with Crippen molar-refractivity contribution in [1.82, 2.24) is 10.2 Å². The Morgan fingerprint density at radius 3 is 2.46 bits per heavy atom. The van der Waals surface area contributed by atoms with Crippen LogP contribution >= 0.6 is 11.6 Å². The summed E-state index contributed by atoms with van der Waals surface area (Å²) in [5.74, 6) is -0.962. The first-order valence-corrected chi connectivity index (χ1v) is 8.17. The van der Waals surface area contributed by atoms with Gasteiger partial charge in [-0.3, -0.25) is 14.5 Å².